The lowest BCUT2D eigenvalue weighted by Crippen LogP contribution is -2.30. The standard InChI is InChI=1S/C8H10ClN3/c9-8(3-1-4-8)7-11-5-2-6(10)12-7/h2,5H,1,3-4H2,(H2,10,11,12). The molecule has 12 heavy (non-hydrogen) atoms. The minimum atomic E-state index is -0.324. The average molecular weight is 184 g/mol. The maximum absolute atomic E-state index is 6.22. The van der Waals surface area contributed by atoms with E-state index in [1.807, 2.05) is 0 Å². The van der Waals surface area contributed by atoms with Crippen molar-refractivity contribution in [3.05, 3.63) is 18.1 Å². The summed E-state index contributed by atoms with van der Waals surface area (Å²) >= 11 is 6.22. The van der Waals surface area contributed by atoms with Crippen molar-refractivity contribution in [3.63, 3.8) is 0 Å². The number of anilines is 1. The summed E-state index contributed by atoms with van der Waals surface area (Å²) < 4.78 is 0. The molecule has 1 saturated carbocycles. The normalized spacial score (nSPS) is 20.1. The summed E-state index contributed by atoms with van der Waals surface area (Å²) in [6.07, 6.45) is 4.72. The summed E-state index contributed by atoms with van der Waals surface area (Å²) in [5, 5.41) is 0. The van der Waals surface area contributed by atoms with Gasteiger partial charge in [0.1, 0.15) is 10.7 Å². The van der Waals surface area contributed by atoms with E-state index < -0.39 is 0 Å². The lowest BCUT2D eigenvalue weighted by atomic mass is 9.83. The fourth-order valence-corrected chi connectivity index (χ4v) is 1.66. The van der Waals surface area contributed by atoms with Gasteiger partial charge in [-0.25, -0.2) is 9.97 Å². The lowest BCUT2D eigenvalue weighted by molar-refractivity contribution is 0.345. The maximum atomic E-state index is 6.22. The molecule has 1 fully saturated rings. The molecule has 1 heterocycles. The second-order valence-electron chi connectivity index (χ2n) is 3.12. The second-order valence-corrected chi connectivity index (χ2v) is 3.85. The van der Waals surface area contributed by atoms with Crippen LogP contribution in [0.3, 0.4) is 0 Å². The number of aromatic nitrogens is 2. The highest BCUT2D eigenvalue weighted by Gasteiger charge is 2.39. The molecule has 4 heteroatoms. The minimum Gasteiger partial charge on any atom is -0.384 e. The van der Waals surface area contributed by atoms with Crippen LogP contribution in [0.5, 0.6) is 0 Å². The summed E-state index contributed by atoms with van der Waals surface area (Å²) in [5.41, 5.74) is 5.52. The van der Waals surface area contributed by atoms with Gasteiger partial charge in [-0.1, -0.05) is 0 Å². The zero-order chi connectivity index (χ0) is 8.60. The Morgan fingerprint density at radius 3 is 2.75 bits per heavy atom. The fraction of sp³-hybridized carbons (Fsp3) is 0.500. The molecule has 0 spiro atoms. The molecule has 1 aliphatic carbocycles. The van der Waals surface area contributed by atoms with Gasteiger partial charge in [-0.3, -0.25) is 0 Å². The summed E-state index contributed by atoms with van der Waals surface area (Å²) in [7, 11) is 0. The summed E-state index contributed by atoms with van der Waals surface area (Å²) in [6, 6.07) is 1.67. The molecule has 0 atom stereocenters. The molecule has 0 unspecified atom stereocenters. The number of nitrogen functional groups attached to an aromatic ring is 1. The zero-order valence-electron chi connectivity index (χ0n) is 6.63. The van der Waals surface area contributed by atoms with Crippen LogP contribution in [0.25, 0.3) is 0 Å². The third kappa shape index (κ3) is 1.14. The first-order chi connectivity index (χ1) is 5.71. The topological polar surface area (TPSA) is 51.8 Å². The maximum Gasteiger partial charge on any atom is 0.151 e. The van der Waals surface area contributed by atoms with Gasteiger partial charge in [0, 0.05) is 6.20 Å². The van der Waals surface area contributed by atoms with Crippen molar-refractivity contribution < 1.29 is 0 Å². The Kier molecular flexibility index (Phi) is 1.68. The Morgan fingerprint density at radius 2 is 2.25 bits per heavy atom. The predicted octanol–water partition coefficient (Wildman–Crippen LogP) is 1.68. The molecule has 0 bridgehead atoms. The second kappa shape index (κ2) is 2.59. The fourth-order valence-electron chi connectivity index (χ4n) is 1.30. The smallest absolute Gasteiger partial charge is 0.151 e. The van der Waals surface area contributed by atoms with Gasteiger partial charge in [-0.05, 0) is 25.3 Å². The molecule has 1 aliphatic rings. The van der Waals surface area contributed by atoms with E-state index in [-0.39, 0.29) is 4.87 Å². The van der Waals surface area contributed by atoms with Crippen molar-refractivity contribution in [1.29, 1.82) is 0 Å². The third-order valence-corrected chi connectivity index (χ3v) is 2.77. The number of halogens is 1. The molecule has 1 aromatic rings. The number of hydrogen-bond acceptors (Lipinski definition) is 3. The van der Waals surface area contributed by atoms with E-state index in [9.17, 15) is 0 Å². The number of hydrogen-bond donors (Lipinski definition) is 1. The molecule has 1 aromatic heterocycles. The van der Waals surface area contributed by atoms with Crippen molar-refractivity contribution in [1.82, 2.24) is 9.97 Å². The molecular weight excluding hydrogens is 174 g/mol. The minimum absolute atomic E-state index is 0.324. The Morgan fingerprint density at radius 1 is 1.50 bits per heavy atom. The van der Waals surface area contributed by atoms with E-state index in [1.54, 1.807) is 12.3 Å². The van der Waals surface area contributed by atoms with Crippen molar-refractivity contribution >= 4 is 17.4 Å². The van der Waals surface area contributed by atoms with Crippen molar-refractivity contribution in [3.8, 4) is 0 Å². The molecule has 2 rings (SSSR count). The van der Waals surface area contributed by atoms with Crippen LogP contribution < -0.4 is 5.73 Å². The largest absolute Gasteiger partial charge is 0.384 e. The summed E-state index contributed by atoms with van der Waals surface area (Å²) in [6.45, 7) is 0. The molecule has 0 radical (unpaired) electrons. The Labute approximate surface area is 76.0 Å². The van der Waals surface area contributed by atoms with Crippen LogP contribution in [0.4, 0.5) is 5.82 Å². The molecule has 64 valence electrons. The number of nitrogens with two attached hydrogens (primary N) is 1. The molecule has 0 aromatic carbocycles. The molecule has 0 amide bonds. The Hall–Kier alpha value is -0.830. The number of nitrogens with zero attached hydrogens (tertiary/aromatic N) is 2. The van der Waals surface area contributed by atoms with E-state index in [0.717, 1.165) is 19.3 Å². The van der Waals surface area contributed by atoms with Crippen molar-refractivity contribution in [2.45, 2.75) is 24.1 Å². The average Bonchev–Trinajstić information content (AvgIpc) is 2.00. The summed E-state index contributed by atoms with van der Waals surface area (Å²) in [4.78, 5) is 7.89. The molecular formula is C8H10ClN3. The molecule has 0 aliphatic heterocycles. The van der Waals surface area contributed by atoms with Crippen LogP contribution in [-0.2, 0) is 4.87 Å². The van der Waals surface area contributed by atoms with Crippen LogP contribution in [0.15, 0.2) is 12.3 Å². The lowest BCUT2D eigenvalue weighted by Gasteiger charge is -2.33. The van der Waals surface area contributed by atoms with Gasteiger partial charge >= 0.3 is 0 Å². The quantitative estimate of drug-likeness (QED) is 0.674. The number of rotatable bonds is 1. The van der Waals surface area contributed by atoms with Crippen LogP contribution in [0.2, 0.25) is 0 Å². The van der Waals surface area contributed by atoms with Gasteiger partial charge in [0.15, 0.2) is 5.82 Å². The van der Waals surface area contributed by atoms with Gasteiger partial charge in [0.05, 0.1) is 0 Å². The highest BCUT2D eigenvalue weighted by Crippen LogP contribution is 2.45. The van der Waals surface area contributed by atoms with Gasteiger partial charge in [-0.2, -0.15) is 0 Å². The van der Waals surface area contributed by atoms with Gasteiger partial charge in [-0.15, -0.1) is 11.6 Å². The predicted molar refractivity (Wildman–Crippen MR) is 47.8 cm³/mol. The van der Waals surface area contributed by atoms with Crippen molar-refractivity contribution in [2.75, 3.05) is 5.73 Å². The Balaban J connectivity index is 2.33. The third-order valence-electron chi connectivity index (χ3n) is 2.22. The van der Waals surface area contributed by atoms with Gasteiger partial charge in [0.25, 0.3) is 0 Å². The highest BCUT2D eigenvalue weighted by atomic mass is 35.5. The number of alkyl halides is 1. The zero-order valence-corrected chi connectivity index (χ0v) is 7.38. The van der Waals surface area contributed by atoms with E-state index in [1.165, 1.54) is 0 Å². The van der Waals surface area contributed by atoms with Crippen molar-refractivity contribution in [2.24, 2.45) is 0 Å². The molecule has 0 saturated heterocycles. The highest BCUT2D eigenvalue weighted by molar-refractivity contribution is 6.24. The first kappa shape index (κ1) is 7.80. The molecule has 2 N–H and O–H groups in total. The Bertz CT molecular complexity index is 296. The van der Waals surface area contributed by atoms with Crippen LogP contribution in [-0.4, -0.2) is 9.97 Å². The van der Waals surface area contributed by atoms with E-state index >= 15 is 0 Å². The van der Waals surface area contributed by atoms with Crippen LogP contribution in [0.1, 0.15) is 25.1 Å². The van der Waals surface area contributed by atoms with Crippen LogP contribution in [0, 0.1) is 0 Å². The summed E-state index contributed by atoms with van der Waals surface area (Å²) in [5.74, 6) is 1.17. The first-order valence-corrected chi connectivity index (χ1v) is 4.36. The monoisotopic (exact) mass is 183 g/mol. The van der Waals surface area contributed by atoms with Crippen LogP contribution >= 0.6 is 11.6 Å². The van der Waals surface area contributed by atoms with Gasteiger partial charge < -0.3 is 5.73 Å². The van der Waals surface area contributed by atoms with E-state index in [4.69, 9.17) is 17.3 Å². The van der Waals surface area contributed by atoms with E-state index in [0.29, 0.717) is 11.6 Å². The SMILES string of the molecule is Nc1ccnc(C2(Cl)CCC2)n1. The van der Waals surface area contributed by atoms with Gasteiger partial charge in [0.2, 0.25) is 0 Å². The van der Waals surface area contributed by atoms with E-state index in [2.05, 4.69) is 9.97 Å². The molecule has 3 nitrogen and oxygen atoms in total. The first-order valence-electron chi connectivity index (χ1n) is 3.99.